The summed E-state index contributed by atoms with van der Waals surface area (Å²) in [6, 6.07) is 1.33. The van der Waals surface area contributed by atoms with E-state index < -0.39 is 0 Å². The van der Waals surface area contributed by atoms with Gasteiger partial charge in [-0.05, 0) is 44.6 Å². The maximum Gasteiger partial charge on any atom is 0.0586 e. The smallest absolute Gasteiger partial charge is 0.0586 e. The maximum absolute atomic E-state index is 5.92. The highest BCUT2D eigenvalue weighted by Crippen LogP contribution is 2.32. The first kappa shape index (κ1) is 12.3. The molecule has 94 valence electrons. The van der Waals surface area contributed by atoms with Gasteiger partial charge in [-0.1, -0.05) is 6.92 Å². The highest BCUT2D eigenvalue weighted by Gasteiger charge is 2.36. The molecule has 0 bridgehead atoms. The van der Waals surface area contributed by atoms with E-state index in [9.17, 15) is 0 Å². The molecule has 2 N–H and O–H groups in total. The SMILES string of the molecule is COC1CCCC(N2CCC(C)C2CN)C1. The van der Waals surface area contributed by atoms with Crippen molar-refractivity contribution in [1.29, 1.82) is 0 Å². The lowest BCUT2D eigenvalue weighted by atomic mass is 9.91. The van der Waals surface area contributed by atoms with Crippen LogP contribution < -0.4 is 5.73 Å². The molecule has 0 radical (unpaired) electrons. The van der Waals surface area contributed by atoms with Crippen LogP contribution in [0.1, 0.15) is 39.0 Å². The van der Waals surface area contributed by atoms with Gasteiger partial charge >= 0.3 is 0 Å². The summed E-state index contributed by atoms with van der Waals surface area (Å²) in [4.78, 5) is 2.66. The summed E-state index contributed by atoms with van der Waals surface area (Å²) in [5.41, 5.74) is 5.92. The topological polar surface area (TPSA) is 38.5 Å². The molecule has 2 aliphatic rings. The van der Waals surface area contributed by atoms with Crippen molar-refractivity contribution in [3.8, 4) is 0 Å². The standard InChI is InChI=1S/C13H26N2O/c1-10-6-7-15(13(10)9-14)11-4-3-5-12(8-11)16-2/h10-13H,3-9,14H2,1-2H3. The summed E-state index contributed by atoms with van der Waals surface area (Å²) in [5.74, 6) is 0.771. The third-order valence-electron chi connectivity index (χ3n) is 4.57. The van der Waals surface area contributed by atoms with Crippen molar-refractivity contribution < 1.29 is 4.74 Å². The third-order valence-corrected chi connectivity index (χ3v) is 4.57. The first-order valence-corrected chi connectivity index (χ1v) is 6.74. The fourth-order valence-corrected chi connectivity index (χ4v) is 3.49. The van der Waals surface area contributed by atoms with Crippen LogP contribution in [0.5, 0.6) is 0 Å². The summed E-state index contributed by atoms with van der Waals surface area (Å²) < 4.78 is 5.52. The zero-order chi connectivity index (χ0) is 11.5. The monoisotopic (exact) mass is 226 g/mol. The summed E-state index contributed by atoms with van der Waals surface area (Å²) in [6.45, 7) is 4.40. The molecular weight excluding hydrogens is 200 g/mol. The van der Waals surface area contributed by atoms with Gasteiger partial charge in [-0.2, -0.15) is 0 Å². The lowest BCUT2D eigenvalue weighted by molar-refractivity contribution is 0.0229. The van der Waals surface area contributed by atoms with E-state index in [0.29, 0.717) is 12.1 Å². The average molecular weight is 226 g/mol. The van der Waals surface area contributed by atoms with Crippen molar-refractivity contribution >= 4 is 0 Å². The highest BCUT2D eigenvalue weighted by atomic mass is 16.5. The van der Waals surface area contributed by atoms with Gasteiger partial charge in [0.15, 0.2) is 0 Å². The normalized spacial score (nSPS) is 41.4. The van der Waals surface area contributed by atoms with Crippen molar-refractivity contribution in [2.45, 2.75) is 57.2 Å². The molecule has 4 atom stereocenters. The van der Waals surface area contributed by atoms with Crippen LogP contribution in [0, 0.1) is 5.92 Å². The molecule has 1 heterocycles. The Morgan fingerprint density at radius 1 is 1.31 bits per heavy atom. The molecule has 0 aromatic heterocycles. The fourth-order valence-electron chi connectivity index (χ4n) is 3.49. The number of methoxy groups -OCH3 is 1. The molecule has 0 spiro atoms. The first-order valence-electron chi connectivity index (χ1n) is 6.74. The zero-order valence-electron chi connectivity index (χ0n) is 10.7. The lowest BCUT2D eigenvalue weighted by Gasteiger charge is -2.38. The number of likely N-dealkylation sites (tertiary alicyclic amines) is 1. The molecule has 1 saturated carbocycles. The Labute approximate surface area is 99.3 Å². The van der Waals surface area contributed by atoms with E-state index in [-0.39, 0.29) is 0 Å². The predicted octanol–water partition coefficient (Wildman–Crippen LogP) is 1.61. The van der Waals surface area contributed by atoms with Crippen molar-refractivity contribution in [3.63, 3.8) is 0 Å². The highest BCUT2D eigenvalue weighted by molar-refractivity contribution is 4.92. The minimum Gasteiger partial charge on any atom is -0.381 e. The lowest BCUT2D eigenvalue weighted by Crippen LogP contribution is -2.47. The number of nitrogens with two attached hydrogens (primary N) is 1. The number of hydrogen-bond acceptors (Lipinski definition) is 3. The van der Waals surface area contributed by atoms with Crippen LogP contribution in [0.4, 0.5) is 0 Å². The van der Waals surface area contributed by atoms with E-state index in [2.05, 4.69) is 11.8 Å². The molecule has 3 nitrogen and oxygen atoms in total. The van der Waals surface area contributed by atoms with Crippen LogP contribution in [-0.2, 0) is 4.74 Å². The van der Waals surface area contributed by atoms with Crippen LogP contribution in [0.3, 0.4) is 0 Å². The second kappa shape index (κ2) is 5.48. The summed E-state index contributed by atoms with van der Waals surface area (Å²) in [6.07, 6.45) is 6.89. The van der Waals surface area contributed by atoms with E-state index >= 15 is 0 Å². The van der Waals surface area contributed by atoms with Crippen LogP contribution in [0.15, 0.2) is 0 Å². The Hall–Kier alpha value is -0.120. The average Bonchev–Trinajstić information content (AvgIpc) is 2.70. The Morgan fingerprint density at radius 3 is 2.81 bits per heavy atom. The molecule has 0 aromatic rings. The largest absolute Gasteiger partial charge is 0.381 e. The second-order valence-corrected chi connectivity index (χ2v) is 5.48. The van der Waals surface area contributed by atoms with Gasteiger partial charge in [0.25, 0.3) is 0 Å². The van der Waals surface area contributed by atoms with Crippen LogP contribution in [0.2, 0.25) is 0 Å². The van der Waals surface area contributed by atoms with Crippen molar-refractivity contribution in [2.24, 2.45) is 11.7 Å². The maximum atomic E-state index is 5.92. The Kier molecular flexibility index (Phi) is 4.22. The van der Waals surface area contributed by atoms with Gasteiger partial charge in [-0.25, -0.2) is 0 Å². The molecule has 2 rings (SSSR count). The van der Waals surface area contributed by atoms with Crippen molar-refractivity contribution in [2.75, 3.05) is 20.2 Å². The number of ether oxygens (including phenoxy) is 1. The van der Waals surface area contributed by atoms with Crippen LogP contribution in [0.25, 0.3) is 0 Å². The van der Waals surface area contributed by atoms with Crippen LogP contribution >= 0.6 is 0 Å². The van der Waals surface area contributed by atoms with Gasteiger partial charge in [-0.3, -0.25) is 4.90 Å². The molecule has 0 amide bonds. The third kappa shape index (κ3) is 2.41. The number of rotatable bonds is 3. The van der Waals surface area contributed by atoms with Crippen molar-refractivity contribution in [3.05, 3.63) is 0 Å². The Bertz CT molecular complexity index is 222. The molecule has 1 aliphatic carbocycles. The van der Waals surface area contributed by atoms with Gasteiger partial charge in [0, 0.05) is 25.7 Å². The Balaban J connectivity index is 1.95. The predicted molar refractivity (Wildman–Crippen MR) is 66.4 cm³/mol. The van der Waals surface area contributed by atoms with E-state index in [4.69, 9.17) is 10.5 Å². The minimum atomic E-state index is 0.480. The van der Waals surface area contributed by atoms with Gasteiger partial charge < -0.3 is 10.5 Å². The molecule has 2 fully saturated rings. The second-order valence-electron chi connectivity index (χ2n) is 5.48. The molecule has 16 heavy (non-hydrogen) atoms. The molecule has 4 unspecified atom stereocenters. The van der Waals surface area contributed by atoms with E-state index in [0.717, 1.165) is 18.5 Å². The molecule has 3 heteroatoms. The minimum absolute atomic E-state index is 0.480. The van der Waals surface area contributed by atoms with E-state index in [1.807, 2.05) is 7.11 Å². The quantitative estimate of drug-likeness (QED) is 0.794. The van der Waals surface area contributed by atoms with E-state index in [1.54, 1.807) is 0 Å². The summed E-state index contributed by atoms with van der Waals surface area (Å²) in [7, 11) is 1.85. The van der Waals surface area contributed by atoms with Crippen LogP contribution in [-0.4, -0.2) is 43.3 Å². The fraction of sp³-hybridized carbons (Fsp3) is 1.00. The number of nitrogens with zero attached hydrogens (tertiary/aromatic N) is 1. The first-order chi connectivity index (χ1) is 7.76. The number of hydrogen-bond donors (Lipinski definition) is 1. The van der Waals surface area contributed by atoms with Gasteiger partial charge in [0.05, 0.1) is 6.10 Å². The van der Waals surface area contributed by atoms with Gasteiger partial charge in [0.2, 0.25) is 0 Å². The van der Waals surface area contributed by atoms with E-state index in [1.165, 1.54) is 38.6 Å². The Morgan fingerprint density at radius 2 is 2.12 bits per heavy atom. The summed E-state index contributed by atoms with van der Waals surface area (Å²) in [5, 5.41) is 0. The zero-order valence-corrected chi connectivity index (χ0v) is 10.7. The molecule has 1 saturated heterocycles. The molecule has 1 aliphatic heterocycles. The molecule has 0 aromatic carbocycles. The molecular formula is C13H26N2O. The van der Waals surface area contributed by atoms with Gasteiger partial charge in [-0.15, -0.1) is 0 Å². The summed E-state index contributed by atoms with van der Waals surface area (Å²) >= 11 is 0. The van der Waals surface area contributed by atoms with Crippen molar-refractivity contribution in [1.82, 2.24) is 4.90 Å². The van der Waals surface area contributed by atoms with Gasteiger partial charge in [0.1, 0.15) is 0 Å².